The van der Waals surface area contributed by atoms with Crippen molar-refractivity contribution in [3.8, 4) is 0 Å². The van der Waals surface area contributed by atoms with Gasteiger partial charge in [-0.25, -0.2) is 0 Å². The Morgan fingerprint density at radius 1 is 1.25 bits per heavy atom. The van der Waals surface area contributed by atoms with Gasteiger partial charge in [0.25, 0.3) is 0 Å². The van der Waals surface area contributed by atoms with Gasteiger partial charge in [0.05, 0.1) is 0 Å². The van der Waals surface area contributed by atoms with E-state index in [2.05, 4.69) is 20.8 Å². The summed E-state index contributed by atoms with van der Waals surface area (Å²) in [5, 5.41) is 1.54. The van der Waals surface area contributed by atoms with Gasteiger partial charge < -0.3 is 0 Å². The number of allylic oxidation sites excluding steroid dienone is 2. The van der Waals surface area contributed by atoms with Crippen molar-refractivity contribution in [3.63, 3.8) is 0 Å². The van der Waals surface area contributed by atoms with Crippen molar-refractivity contribution in [2.24, 2.45) is 0 Å². The molecule has 0 amide bonds. The third-order valence-electron chi connectivity index (χ3n) is 1.44. The summed E-state index contributed by atoms with van der Waals surface area (Å²) in [5.41, 5.74) is 1.55. The van der Waals surface area contributed by atoms with Crippen LogP contribution in [-0.2, 0) is 0 Å². The molecule has 0 aliphatic carbocycles. The molecule has 0 aromatic rings. The van der Waals surface area contributed by atoms with Gasteiger partial charge in [0, 0.05) is 5.25 Å². The fraction of sp³-hybridized carbons (Fsp3) is 0.571. The van der Waals surface area contributed by atoms with Gasteiger partial charge in [0.2, 0.25) is 0 Å². The molecule has 0 bridgehead atoms. The molecule has 0 aromatic carbocycles. The van der Waals surface area contributed by atoms with Gasteiger partial charge in [0.1, 0.15) is 0 Å². The summed E-state index contributed by atoms with van der Waals surface area (Å²) in [5.74, 6) is 0. The number of hydrogen-bond acceptors (Lipinski definition) is 1. The van der Waals surface area contributed by atoms with E-state index in [9.17, 15) is 0 Å². The summed E-state index contributed by atoms with van der Waals surface area (Å²) in [7, 11) is 0. The van der Waals surface area contributed by atoms with E-state index >= 15 is 0 Å². The molecule has 0 atom stereocenters. The highest BCUT2D eigenvalue weighted by Gasteiger charge is 2.14. The Morgan fingerprint density at radius 2 is 1.88 bits per heavy atom. The second-order valence-corrected chi connectivity index (χ2v) is 3.83. The maximum atomic E-state index is 2.21. The smallest absolute Gasteiger partial charge is 0.0363 e. The maximum absolute atomic E-state index is 2.21. The lowest BCUT2D eigenvalue weighted by Gasteiger charge is -1.94. The SMILES string of the molecule is C[C]1CC(C)=C(C)S1. The second-order valence-electron chi connectivity index (χ2n) is 2.32. The van der Waals surface area contributed by atoms with E-state index in [0.717, 1.165) is 0 Å². The van der Waals surface area contributed by atoms with E-state index in [1.54, 1.807) is 10.8 Å². The first-order valence-electron chi connectivity index (χ1n) is 2.87. The average molecular weight is 127 g/mol. The first-order chi connectivity index (χ1) is 3.70. The van der Waals surface area contributed by atoms with Gasteiger partial charge in [-0.15, -0.1) is 11.8 Å². The Balaban J connectivity index is 2.60. The molecule has 0 fully saturated rings. The first kappa shape index (κ1) is 6.21. The third kappa shape index (κ3) is 1.08. The molecule has 1 aliphatic rings. The lowest BCUT2D eigenvalue weighted by molar-refractivity contribution is 1.09. The molecule has 1 aliphatic heterocycles. The zero-order valence-electron chi connectivity index (χ0n) is 5.62. The summed E-state index contributed by atoms with van der Waals surface area (Å²) in [6.45, 7) is 6.60. The monoisotopic (exact) mass is 127 g/mol. The van der Waals surface area contributed by atoms with Crippen molar-refractivity contribution in [1.82, 2.24) is 0 Å². The molecule has 45 valence electrons. The van der Waals surface area contributed by atoms with Crippen LogP contribution >= 0.6 is 11.8 Å². The minimum absolute atomic E-state index is 1.22. The van der Waals surface area contributed by atoms with Gasteiger partial charge in [-0.2, -0.15) is 0 Å². The Hall–Kier alpha value is 0.0900. The van der Waals surface area contributed by atoms with Gasteiger partial charge in [-0.3, -0.25) is 0 Å². The minimum Gasteiger partial charge on any atom is -0.123 e. The predicted octanol–water partition coefficient (Wildman–Crippen LogP) is 2.97. The lowest BCUT2D eigenvalue weighted by atomic mass is 10.2. The summed E-state index contributed by atoms with van der Waals surface area (Å²) in [6, 6.07) is 0. The molecule has 1 radical (unpaired) electrons. The minimum atomic E-state index is 1.22. The highest BCUT2D eigenvalue weighted by atomic mass is 32.2. The topological polar surface area (TPSA) is 0 Å². The van der Waals surface area contributed by atoms with Gasteiger partial charge in [-0.1, -0.05) is 5.57 Å². The molecule has 0 aromatic heterocycles. The Morgan fingerprint density at radius 3 is 2.00 bits per heavy atom. The van der Waals surface area contributed by atoms with Crippen LogP contribution in [0, 0.1) is 5.25 Å². The van der Waals surface area contributed by atoms with Crippen LogP contribution in [0.2, 0.25) is 0 Å². The maximum Gasteiger partial charge on any atom is 0.0363 e. The average Bonchev–Trinajstić information content (AvgIpc) is 1.85. The van der Waals surface area contributed by atoms with Crippen molar-refractivity contribution in [2.75, 3.05) is 0 Å². The largest absolute Gasteiger partial charge is 0.123 e. The van der Waals surface area contributed by atoms with Crippen molar-refractivity contribution < 1.29 is 0 Å². The molecule has 0 spiro atoms. The molecule has 1 heteroatoms. The van der Waals surface area contributed by atoms with Crippen LogP contribution in [0.4, 0.5) is 0 Å². The van der Waals surface area contributed by atoms with Crippen LogP contribution in [0.5, 0.6) is 0 Å². The number of rotatable bonds is 0. The molecule has 0 saturated carbocycles. The molecule has 0 N–H and O–H groups in total. The molecule has 0 saturated heterocycles. The predicted molar refractivity (Wildman–Crippen MR) is 39.5 cm³/mol. The van der Waals surface area contributed by atoms with E-state index in [4.69, 9.17) is 0 Å². The van der Waals surface area contributed by atoms with Crippen LogP contribution in [0.15, 0.2) is 10.5 Å². The molecule has 0 nitrogen and oxygen atoms in total. The number of hydrogen-bond donors (Lipinski definition) is 0. The standard InChI is InChI=1S/C7H11S/c1-5-4-6(2)8-7(5)3/h4H2,1-3H3. The zero-order valence-corrected chi connectivity index (χ0v) is 6.43. The van der Waals surface area contributed by atoms with Crippen LogP contribution in [0.25, 0.3) is 0 Å². The van der Waals surface area contributed by atoms with Crippen molar-refractivity contribution in [3.05, 3.63) is 15.7 Å². The summed E-state index contributed by atoms with van der Waals surface area (Å²) < 4.78 is 0. The van der Waals surface area contributed by atoms with E-state index < -0.39 is 0 Å². The number of thioether (sulfide) groups is 1. The van der Waals surface area contributed by atoms with E-state index in [1.807, 2.05) is 11.8 Å². The molecule has 1 rings (SSSR count). The van der Waals surface area contributed by atoms with E-state index in [1.165, 1.54) is 11.3 Å². The van der Waals surface area contributed by atoms with Gasteiger partial charge >= 0.3 is 0 Å². The molecule has 0 unspecified atom stereocenters. The first-order valence-corrected chi connectivity index (χ1v) is 3.68. The summed E-state index contributed by atoms with van der Waals surface area (Å²) >= 11 is 1.92. The van der Waals surface area contributed by atoms with Crippen molar-refractivity contribution in [2.45, 2.75) is 27.2 Å². The van der Waals surface area contributed by atoms with Crippen LogP contribution < -0.4 is 0 Å². The molecule has 8 heavy (non-hydrogen) atoms. The quantitative estimate of drug-likeness (QED) is 0.482. The van der Waals surface area contributed by atoms with E-state index in [-0.39, 0.29) is 0 Å². The third-order valence-corrected chi connectivity index (χ3v) is 2.59. The summed E-state index contributed by atoms with van der Waals surface area (Å²) in [6.07, 6.45) is 1.22. The molecular formula is C7H11S. The van der Waals surface area contributed by atoms with E-state index in [0.29, 0.717) is 0 Å². The van der Waals surface area contributed by atoms with Gasteiger partial charge in [-0.05, 0) is 32.1 Å². The van der Waals surface area contributed by atoms with Crippen LogP contribution in [-0.4, -0.2) is 0 Å². The Kier molecular flexibility index (Phi) is 1.66. The van der Waals surface area contributed by atoms with Crippen molar-refractivity contribution in [1.29, 1.82) is 0 Å². The summed E-state index contributed by atoms with van der Waals surface area (Å²) in [4.78, 5) is 1.50. The second kappa shape index (κ2) is 2.14. The lowest BCUT2D eigenvalue weighted by Crippen LogP contribution is -1.74. The Labute approximate surface area is 55.4 Å². The Bertz CT molecular complexity index is 110. The zero-order chi connectivity index (χ0) is 6.15. The van der Waals surface area contributed by atoms with Gasteiger partial charge in [0.15, 0.2) is 0 Å². The molecular weight excluding hydrogens is 116 g/mol. The van der Waals surface area contributed by atoms with Crippen LogP contribution in [0.3, 0.4) is 0 Å². The highest BCUT2D eigenvalue weighted by Crippen LogP contribution is 2.41. The fourth-order valence-electron chi connectivity index (χ4n) is 0.882. The van der Waals surface area contributed by atoms with Crippen molar-refractivity contribution >= 4 is 11.8 Å². The highest BCUT2D eigenvalue weighted by molar-refractivity contribution is 8.06. The fourth-order valence-corrected chi connectivity index (χ4v) is 1.94. The molecule has 1 heterocycles. The van der Waals surface area contributed by atoms with Crippen LogP contribution in [0.1, 0.15) is 27.2 Å². The normalized spacial score (nSPS) is 22.9.